The van der Waals surface area contributed by atoms with E-state index in [4.69, 9.17) is 16.3 Å². The van der Waals surface area contributed by atoms with E-state index in [0.29, 0.717) is 35.2 Å². The monoisotopic (exact) mass is 548 g/mol. The third-order valence-electron chi connectivity index (χ3n) is 7.06. The van der Waals surface area contributed by atoms with E-state index in [9.17, 15) is 14.3 Å². The first kappa shape index (κ1) is 27.6. The van der Waals surface area contributed by atoms with E-state index in [1.807, 2.05) is 6.07 Å². The number of piperidine rings is 1. The van der Waals surface area contributed by atoms with Crippen LogP contribution in [0.2, 0.25) is 5.02 Å². The summed E-state index contributed by atoms with van der Waals surface area (Å²) in [6.45, 7) is 2.28. The minimum atomic E-state index is -1.30. The van der Waals surface area contributed by atoms with Crippen molar-refractivity contribution < 1.29 is 23.4 Å². The van der Waals surface area contributed by atoms with Crippen LogP contribution < -0.4 is 4.74 Å². The number of benzene rings is 2. The van der Waals surface area contributed by atoms with Gasteiger partial charge >= 0.3 is 5.97 Å². The van der Waals surface area contributed by atoms with Gasteiger partial charge in [0.05, 0.1) is 17.6 Å². The second kappa shape index (κ2) is 12.9. The molecule has 3 atom stereocenters. The quantitative estimate of drug-likeness (QED) is 0.259. The average molecular weight is 549 g/mol. The number of carbonyl (C=O) groups is 1. The summed E-state index contributed by atoms with van der Waals surface area (Å²) < 4.78 is 34.3. The Balaban J connectivity index is 1.37. The second-order valence-electron chi connectivity index (χ2n) is 9.46. The molecule has 0 bridgehead atoms. The van der Waals surface area contributed by atoms with Crippen LogP contribution in [-0.2, 0) is 4.79 Å². The van der Waals surface area contributed by atoms with Gasteiger partial charge in [0.1, 0.15) is 17.7 Å². The van der Waals surface area contributed by atoms with E-state index in [-0.39, 0.29) is 35.5 Å². The fourth-order valence-corrected chi connectivity index (χ4v) is 6.39. The number of halogens is 3. The van der Waals surface area contributed by atoms with Crippen LogP contribution in [-0.4, -0.2) is 53.5 Å². The Hall–Kier alpha value is -2.42. The van der Waals surface area contributed by atoms with Gasteiger partial charge in [0.25, 0.3) is 0 Å². The molecule has 9 heteroatoms. The van der Waals surface area contributed by atoms with E-state index >= 15 is 4.39 Å². The highest BCUT2D eigenvalue weighted by Gasteiger charge is 2.31. The SMILES string of the molecule is COc1ccc2ncc(Cl)c(C(F)CCC3CCN(CCSc4cccc(F)c4)CC3CC(=O)O)c2c1. The van der Waals surface area contributed by atoms with Crippen molar-refractivity contribution in [1.82, 2.24) is 9.88 Å². The fourth-order valence-electron chi connectivity index (χ4n) is 5.16. The Kier molecular flexibility index (Phi) is 9.62. The molecular weight excluding hydrogens is 518 g/mol. The Morgan fingerprint density at radius 3 is 2.89 bits per heavy atom. The lowest BCUT2D eigenvalue weighted by Crippen LogP contribution is -2.42. The maximum atomic E-state index is 15.6. The van der Waals surface area contributed by atoms with Crippen LogP contribution in [0.3, 0.4) is 0 Å². The summed E-state index contributed by atoms with van der Waals surface area (Å²) in [5.41, 5.74) is 1.06. The highest BCUT2D eigenvalue weighted by atomic mass is 35.5. The summed E-state index contributed by atoms with van der Waals surface area (Å²) in [6.07, 6.45) is 1.89. The Bertz CT molecular complexity index is 1230. The minimum Gasteiger partial charge on any atom is -0.497 e. The molecule has 0 aliphatic carbocycles. The predicted molar refractivity (Wildman–Crippen MR) is 144 cm³/mol. The number of aliphatic carboxylic acids is 1. The molecule has 1 aliphatic rings. The number of methoxy groups -OCH3 is 1. The summed E-state index contributed by atoms with van der Waals surface area (Å²) in [6, 6.07) is 11.8. The summed E-state index contributed by atoms with van der Waals surface area (Å²) in [5, 5.41) is 10.4. The largest absolute Gasteiger partial charge is 0.497 e. The number of carboxylic acid groups (broad SMARTS) is 1. The standard InChI is InChI=1S/C28H31ClF2N2O3S/c1-36-21-6-8-26-23(15-21)28(24(29)16-32-26)25(31)7-5-18-9-10-33(17-19(18)13-27(34)35)11-12-37-22-4-2-3-20(30)14-22/h2-4,6,8,14-16,18-19,25H,5,7,9-13,17H2,1H3,(H,34,35). The molecule has 0 saturated carbocycles. The van der Waals surface area contributed by atoms with Gasteiger partial charge in [0.2, 0.25) is 0 Å². The first-order chi connectivity index (χ1) is 17.8. The van der Waals surface area contributed by atoms with Crippen molar-refractivity contribution in [2.45, 2.75) is 36.8 Å². The van der Waals surface area contributed by atoms with Gasteiger partial charge < -0.3 is 14.7 Å². The van der Waals surface area contributed by atoms with Crippen molar-refractivity contribution in [3.05, 3.63) is 65.1 Å². The minimum absolute atomic E-state index is 0.0534. The molecule has 5 nitrogen and oxygen atoms in total. The van der Waals surface area contributed by atoms with Gasteiger partial charge in [-0.2, -0.15) is 0 Å². The Labute approximate surface area is 225 Å². The number of pyridine rings is 1. The number of thioether (sulfide) groups is 1. The van der Waals surface area contributed by atoms with E-state index in [1.165, 1.54) is 18.3 Å². The van der Waals surface area contributed by atoms with Crippen LogP contribution >= 0.6 is 23.4 Å². The van der Waals surface area contributed by atoms with Crippen LogP contribution in [0.25, 0.3) is 10.9 Å². The number of rotatable bonds is 11. The zero-order valence-electron chi connectivity index (χ0n) is 20.7. The number of fused-ring (bicyclic) bond motifs is 1. The van der Waals surface area contributed by atoms with Gasteiger partial charge in [-0.1, -0.05) is 17.7 Å². The van der Waals surface area contributed by atoms with Crippen molar-refractivity contribution in [2.24, 2.45) is 11.8 Å². The smallest absolute Gasteiger partial charge is 0.303 e. The van der Waals surface area contributed by atoms with Crippen molar-refractivity contribution in [2.75, 3.05) is 32.5 Å². The third kappa shape index (κ3) is 7.33. The van der Waals surface area contributed by atoms with Crippen molar-refractivity contribution in [1.29, 1.82) is 0 Å². The molecule has 3 unspecified atom stereocenters. The zero-order valence-corrected chi connectivity index (χ0v) is 22.3. The van der Waals surface area contributed by atoms with Crippen molar-refractivity contribution >= 4 is 40.2 Å². The highest BCUT2D eigenvalue weighted by molar-refractivity contribution is 7.99. The maximum Gasteiger partial charge on any atom is 0.303 e. The molecule has 37 heavy (non-hydrogen) atoms. The van der Waals surface area contributed by atoms with Crippen LogP contribution in [0.4, 0.5) is 8.78 Å². The number of alkyl halides is 1. The number of likely N-dealkylation sites (tertiary alicyclic amines) is 1. The van der Waals surface area contributed by atoms with Crippen LogP contribution in [0.15, 0.2) is 53.6 Å². The van der Waals surface area contributed by atoms with Gasteiger partial charge in [-0.25, -0.2) is 8.78 Å². The fraction of sp³-hybridized carbons (Fsp3) is 0.429. The predicted octanol–water partition coefficient (Wildman–Crippen LogP) is 7.03. The maximum absolute atomic E-state index is 15.6. The van der Waals surface area contributed by atoms with E-state index in [2.05, 4.69) is 9.88 Å². The van der Waals surface area contributed by atoms with Gasteiger partial charge in [-0.3, -0.25) is 9.78 Å². The molecule has 0 radical (unpaired) electrons. The number of hydrogen-bond acceptors (Lipinski definition) is 5. The lowest BCUT2D eigenvalue weighted by molar-refractivity contribution is -0.139. The molecule has 1 fully saturated rings. The van der Waals surface area contributed by atoms with E-state index in [0.717, 1.165) is 30.2 Å². The number of nitrogens with zero attached hydrogens (tertiary/aromatic N) is 2. The average Bonchev–Trinajstić information content (AvgIpc) is 2.87. The Morgan fingerprint density at radius 2 is 2.14 bits per heavy atom. The number of hydrogen-bond donors (Lipinski definition) is 1. The van der Waals surface area contributed by atoms with Gasteiger partial charge in [0.15, 0.2) is 0 Å². The summed E-state index contributed by atoms with van der Waals surface area (Å²) in [7, 11) is 1.56. The normalized spacial score (nSPS) is 19.1. The molecule has 3 aromatic rings. The van der Waals surface area contributed by atoms with Crippen LogP contribution in [0, 0.1) is 17.7 Å². The number of aromatic nitrogens is 1. The van der Waals surface area contributed by atoms with Gasteiger partial charge in [-0.15, -0.1) is 11.8 Å². The molecule has 1 saturated heterocycles. The Morgan fingerprint density at radius 1 is 1.30 bits per heavy atom. The molecule has 2 heterocycles. The van der Waals surface area contributed by atoms with Crippen molar-refractivity contribution in [3.63, 3.8) is 0 Å². The molecule has 198 valence electrons. The molecule has 1 aliphatic heterocycles. The molecule has 0 spiro atoms. The summed E-state index contributed by atoms with van der Waals surface area (Å²) in [5.74, 6) is 0.369. The van der Waals surface area contributed by atoms with Crippen molar-refractivity contribution in [3.8, 4) is 5.75 Å². The lowest BCUT2D eigenvalue weighted by atomic mass is 9.79. The van der Waals surface area contributed by atoms with Crippen LogP contribution in [0.5, 0.6) is 5.75 Å². The highest BCUT2D eigenvalue weighted by Crippen LogP contribution is 2.39. The molecule has 1 aromatic heterocycles. The molecule has 1 N–H and O–H groups in total. The van der Waals surface area contributed by atoms with E-state index in [1.54, 1.807) is 43.1 Å². The zero-order chi connectivity index (χ0) is 26.4. The van der Waals surface area contributed by atoms with Gasteiger partial charge in [-0.05, 0) is 74.0 Å². The molecule has 2 aromatic carbocycles. The topological polar surface area (TPSA) is 62.7 Å². The summed E-state index contributed by atoms with van der Waals surface area (Å²) >= 11 is 7.97. The third-order valence-corrected chi connectivity index (χ3v) is 8.33. The molecule has 4 rings (SSSR count). The first-order valence-electron chi connectivity index (χ1n) is 12.4. The number of carboxylic acids is 1. The lowest BCUT2D eigenvalue weighted by Gasteiger charge is -2.38. The first-order valence-corrected chi connectivity index (χ1v) is 13.8. The summed E-state index contributed by atoms with van der Waals surface area (Å²) in [4.78, 5) is 19.0. The van der Waals surface area contributed by atoms with Crippen LogP contribution in [0.1, 0.15) is 37.4 Å². The van der Waals surface area contributed by atoms with E-state index < -0.39 is 12.1 Å². The molecule has 0 amide bonds. The van der Waals surface area contributed by atoms with Gasteiger partial charge in [0, 0.05) is 47.3 Å². The molecular formula is C28H31ClF2N2O3S. The number of ether oxygens (including phenoxy) is 1. The second-order valence-corrected chi connectivity index (χ2v) is 11.0.